The molecule has 2 amide bonds. The van der Waals surface area contributed by atoms with E-state index in [1.807, 2.05) is 4.90 Å². The molecule has 1 saturated carbocycles. The maximum atomic E-state index is 13.1. The van der Waals surface area contributed by atoms with Gasteiger partial charge in [0.15, 0.2) is 6.61 Å². The van der Waals surface area contributed by atoms with Crippen LogP contribution in [-0.2, 0) is 9.59 Å². The molecule has 0 radical (unpaired) electrons. The van der Waals surface area contributed by atoms with Crippen LogP contribution < -0.4 is 10.1 Å². The van der Waals surface area contributed by atoms with Crippen molar-refractivity contribution in [2.75, 3.05) is 19.7 Å². The number of hydrogen-bond donors (Lipinski definition) is 1. The molecule has 0 spiro atoms. The smallest absolute Gasteiger partial charge is 0.258 e. The fourth-order valence-corrected chi connectivity index (χ4v) is 4.32. The van der Waals surface area contributed by atoms with Crippen LogP contribution >= 0.6 is 15.9 Å². The highest BCUT2D eigenvalue weighted by Gasteiger charge is 2.29. The van der Waals surface area contributed by atoms with Gasteiger partial charge >= 0.3 is 0 Å². The summed E-state index contributed by atoms with van der Waals surface area (Å²) in [4.78, 5) is 26.7. The molecular formula is C20H26BrFN2O3. The van der Waals surface area contributed by atoms with Gasteiger partial charge < -0.3 is 15.0 Å². The molecule has 1 N–H and O–H groups in total. The maximum absolute atomic E-state index is 13.1. The molecular weight excluding hydrogens is 415 g/mol. The molecule has 27 heavy (non-hydrogen) atoms. The Morgan fingerprint density at radius 3 is 2.52 bits per heavy atom. The zero-order chi connectivity index (χ0) is 19.2. The second-order valence-electron chi connectivity index (χ2n) is 7.37. The van der Waals surface area contributed by atoms with Gasteiger partial charge in [-0.15, -0.1) is 0 Å². The topological polar surface area (TPSA) is 58.6 Å². The second-order valence-corrected chi connectivity index (χ2v) is 8.22. The van der Waals surface area contributed by atoms with Gasteiger partial charge in [-0.05, 0) is 59.8 Å². The fraction of sp³-hybridized carbons (Fsp3) is 0.600. The normalized spacial score (nSPS) is 19.0. The van der Waals surface area contributed by atoms with Crippen molar-refractivity contribution in [3.8, 4) is 5.75 Å². The van der Waals surface area contributed by atoms with E-state index >= 15 is 0 Å². The van der Waals surface area contributed by atoms with E-state index in [0.29, 0.717) is 29.2 Å². The molecule has 1 saturated heterocycles. The van der Waals surface area contributed by atoms with Crippen molar-refractivity contribution in [3.63, 3.8) is 0 Å². The number of benzene rings is 1. The lowest BCUT2D eigenvalue weighted by Crippen LogP contribution is -2.49. The second kappa shape index (κ2) is 9.53. The van der Waals surface area contributed by atoms with Crippen LogP contribution in [0.2, 0.25) is 0 Å². The molecule has 1 heterocycles. The van der Waals surface area contributed by atoms with Gasteiger partial charge in [-0.2, -0.15) is 0 Å². The standard InChI is InChI=1S/C20H26BrFN2O3/c21-17-12-15(22)6-7-18(17)27-13-19(25)23-16-8-10-24(11-9-16)20(26)14-4-2-1-3-5-14/h6-7,12,14,16H,1-5,8-11,13H2,(H,23,25). The number of nitrogens with one attached hydrogen (secondary N) is 1. The number of rotatable bonds is 5. The zero-order valence-corrected chi connectivity index (χ0v) is 17.0. The molecule has 5 nitrogen and oxygen atoms in total. The summed E-state index contributed by atoms with van der Waals surface area (Å²) < 4.78 is 19.0. The Morgan fingerprint density at radius 2 is 1.85 bits per heavy atom. The van der Waals surface area contributed by atoms with E-state index in [4.69, 9.17) is 4.74 Å². The Balaban J connectivity index is 1.39. The van der Waals surface area contributed by atoms with Crippen molar-refractivity contribution in [2.45, 2.75) is 51.0 Å². The average Bonchev–Trinajstić information content (AvgIpc) is 2.68. The third kappa shape index (κ3) is 5.67. The monoisotopic (exact) mass is 440 g/mol. The lowest BCUT2D eigenvalue weighted by atomic mass is 9.87. The highest BCUT2D eigenvalue weighted by atomic mass is 79.9. The predicted octanol–water partition coefficient (Wildman–Crippen LogP) is 3.65. The molecule has 0 unspecified atom stereocenters. The summed E-state index contributed by atoms with van der Waals surface area (Å²) in [6.45, 7) is 1.28. The highest BCUT2D eigenvalue weighted by molar-refractivity contribution is 9.10. The van der Waals surface area contributed by atoms with Crippen LogP contribution in [0.4, 0.5) is 4.39 Å². The highest BCUT2D eigenvalue weighted by Crippen LogP contribution is 2.27. The zero-order valence-electron chi connectivity index (χ0n) is 15.4. The number of carbonyl (C=O) groups excluding carboxylic acids is 2. The van der Waals surface area contributed by atoms with Crippen molar-refractivity contribution in [1.82, 2.24) is 10.2 Å². The molecule has 0 aromatic heterocycles. The maximum Gasteiger partial charge on any atom is 0.258 e. The minimum atomic E-state index is -0.367. The number of ether oxygens (including phenoxy) is 1. The first kappa shape index (κ1) is 20.1. The number of likely N-dealkylation sites (tertiary alicyclic amines) is 1. The van der Waals surface area contributed by atoms with Crippen LogP contribution in [0.5, 0.6) is 5.75 Å². The third-order valence-corrected chi connectivity index (χ3v) is 6.00. The van der Waals surface area contributed by atoms with Crippen molar-refractivity contribution in [1.29, 1.82) is 0 Å². The van der Waals surface area contributed by atoms with Crippen LogP contribution in [-0.4, -0.2) is 42.5 Å². The Labute approximate surface area is 167 Å². The predicted molar refractivity (Wildman–Crippen MR) is 104 cm³/mol. The molecule has 1 aromatic carbocycles. The van der Waals surface area contributed by atoms with E-state index in [2.05, 4.69) is 21.2 Å². The summed E-state index contributed by atoms with van der Waals surface area (Å²) in [6, 6.07) is 4.14. The molecule has 2 fully saturated rings. The molecule has 2 aliphatic rings. The van der Waals surface area contributed by atoms with Gasteiger partial charge in [0.25, 0.3) is 5.91 Å². The van der Waals surface area contributed by atoms with E-state index < -0.39 is 0 Å². The van der Waals surface area contributed by atoms with Gasteiger partial charge in [-0.25, -0.2) is 4.39 Å². The molecule has 7 heteroatoms. The molecule has 148 valence electrons. The van der Waals surface area contributed by atoms with Gasteiger partial charge in [0, 0.05) is 25.0 Å². The SMILES string of the molecule is O=C(COc1ccc(F)cc1Br)NC1CCN(C(=O)C2CCCCC2)CC1. The number of hydrogen-bond acceptors (Lipinski definition) is 3. The Hall–Kier alpha value is -1.63. The van der Waals surface area contributed by atoms with Gasteiger partial charge in [-0.3, -0.25) is 9.59 Å². The largest absolute Gasteiger partial charge is 0.483 e. The van der Waals surface area contributed by atoms with Crippen molar-refractivity contribution < 1.29 is 18.7 Å². The number of halogens is 2. The minimum absolute atomic E-state index is 0.0631. The van der Waals surface area contributed by atoms with E-state index in [-0.39, 0.29) is 30.3 Å². The molecule has 1 aromatic rings. The average molecular weight is 441 g/mol. The number of piperidine rings is 1. The first-order chi connectivity index (χ1) is 13.0. The van der Waals surface area contributed by atoms with Crippen LogP contribution in [0.15, 0.2) is 22.7 Å². The van der Waals surface area contributed by atoms with E-state index in [1.54, 1.807) is 0 Å². The van der Waals surface area contributed by atoms with Crippen molar-refractivity contribution >= 4 is 27.7 Å². The van der Waals surface area contributed by atoms with Gasteiger partial charge in [0.1, 0.15) is 11.6 Å². The van der Waals surface area contributed by atoms with Gasteiger partial charge in [0.2, 0.25) is 5.91 Å². The Kier molecular flexibility index (Phi) is 7.10. The first-order valence-electron chi connectivity index (χ1n) is 9.69. The quantitative estimate of drug-likeness (QED) is 0.759. The van der Waals surface area contributed by atoms with Gasteiger partial charge in [-0.1, -0.05) is 19.3 Å². The first-order valence-corrected chi connectivity index (χ1v) is 10.5. The van der Waals surface area contributed by atoms with E-state index in [0.717, 1.165) is 38.5 Å². The number of carbonyl (C=O) groups is 2. The summed E-state index contributed by atoms with van der Waals surface area (Å²) in [5, 5.41) is 2.97. The van der Waals surface area contributed by atoms with Crippen LogP contribution in [0, 0.1) is 11.7 Å². The third-order valence-electron chi connectivity index (χ3n) is 5.38. The molecule has 3 rings (SSSR count). The summed E-state index contributed by atoms with van der Waals surface area (Å²) in [5.41, 5.74) is 0. The van der Waals surface area contributed by atoms with Gasteiger partial charge in [0.05, 0.1) is 4.47 Å². The summed E-state index contributed by atoms with van der Waals surface area (Å²) in [7, 11) is 0. The van der Waals surface area contributed by atoms with Crippen molar-refractivity contribution in [2.24, 2.45) is 5.92 Å². The fourth-order valence-electron chi connectivity index (χ4n) is 3.86. The summed E-state index contributed by atoms with van der Waals surface area (Å²) in [6.07, 6.45) is 7.14. The Bertz CT molecular complexity index is 671. The molecule has 1 aliphatic carbocycles. The van der Waals surface area contributed by atoms with Crippen LogP contribution in [0.25, 0.3) is 0 Å². The van der Waals surface area contributed by atoms with Crippen LogP contribution in [0.3, 0.4) is 0 Å². The van der Waals surface area contributed by atoms with Crippen LogP contribution in [0.1, 0.15) is 44.9 Å². The number of nitrogens with zero attached hydrogens (tertiary/aromatic N) is 1. The summed E-state index contributed by atoms with van der Waals surface area (Å²) in [5.74, 6) is 0.354. The van der Waals surface area contributed by atoms with E-state index in [9.17, 15) is 14.0 Å². The molecule has 0 bridgehead atoms. The van der Waals surface area contributed by atoms with Crippen molar-refractivity contribution in [3.05, 3.63) is 28.5 Å². The number of amides is 2. The summed E-state index contributed by atoms with van der Waals surface area (Å²) >= 11 is 3.21. The molecule has 0 atom stereocenters. The lowest BCUT2D eigenvalue weighted by molar-refractivity contribution is -0.137. The van der Waals surface area contributed by atoms with E-state index in [1.165, 1.54) is 24.6 Å². The minimum Gasteiger partial charge on any atom is -0.483 e. The molecule has 1 aliphatic heterocycles. The lowest BCUT2D eigenvalue weighted by Gasteiger charge is -2.35. The Morgan fingerprint density at radius 1 is 1.15 bits per heavy atom.